The Kier molecular flexibility index (Phi) is 4.76. The molecule has 8 heteroatoms. The highest BCUT2D eigenvalue weighted by atomic mass is 19.1. The molecule has 28 heavy (non-hydrogen) atoms. The highest BCUT2D eigenvalue weighted by molar-refractivity contribution is 6.02. The Balaban J connectivity index is 1.57. The molecule has 0 spiro atoms. The van der Waals surface area contributed by atoms with E-state index in [2.05, 4.69) is 25.5 Å². The third-order valence-corrected chi connectivity index (χ3v) is 4.56. The maximum atomic E-state index is 13.8. The Morgan fingerprint density at radius 2 is 1.96 bits per heavy atom. The number of hydrogen-bond donors (Lipinski definition) is 4. The molecule has 2 aromatic carbocycles. The van der Waals surface area contributed by atoms with Gasteiger partial charge in [0.25, 0.3) is 0 Å². The van der Waals surface area contributed by atoms with Crippen LogP contribution in [-0.2, 0) is 6.42 Å². The van der Waals surface area contributed by atoms with Gasteiger partial charge >= 0.3 is 0 Å². The van der Waals surface area contributed by atoms with Gasteiger partial charge in [0.2, 0.25) is 5.95 Å². The van der Waals surface area contributed by atoms with E-state index >= 15 is 0 Å². The van der Waals surface area contributed by atoms with Crippen LogP contribution in [0.4, 0.5) is 21.8 Å². The number of nitrogens with zero attached hydrogens (tertiary/aromatic N) is 3. The highest BCUT2D eigenvalue weighted by Crippen LogP contribution is 2.32. The average molecular weight is 377 g/mol. The molecule has 0 aliphatic carbocycles. The summed E-state index contributed by atoms with van der Waals surface area (Å²) in [7, 11) is 0. The van der Waals surface area contributed by atoms with E-state index in [0.717, 1.165) is 28.6 Å². The van der Waals surface area contributed by atoms with Crippen molar-refractivity contribution in [3.8, 4) is 11.3 Å². The van der Waals surface area contributed by atoms with Crippen molar-refractivity contribution >= 4 is 28.4 Å². The molecule has 2 aromatic heterocycles. The van der Waals surface area contributed by atoms with Crippen molar-refractivity contribution in [2.45, 2.75) is 12.8 Å². The summed E-state index contributed by atoms with van der Waals surface area (Å²) in [6.45, 7) is 0.656. The lowest BCUT2D eigenvalue weighted by Crippen LogP contribution is -2.05. The zero-order chi connectivity index (χ0) is 19.5. The van der Waals surface area contributed by atoms with Gasteiger partial charge in [0.1, 0.15) is 5.82 Å². The van der Waals surface area contributed by atoms with E-state index in [1.807, 2.05) is 24.3 Å². The predicted molar refractivity (Wildman–Crippen MR) is 109 cm³/mol. The molecule has 2 heterocycles. The van der Waals surface area contributed by atoms with Crippen molar-refractivity contribution in [3.63, 3.8) is 0 Å². The molecule has 4 aromatic rings. The quantitative estimate of drug-likeness (QED) is 0.383. The van der Waals surface area contributed by atoms with E-state index in [9.17, 15) is 4.39 Å². The largest absolute Gasteiger partial charge is 0.384 e. The van der Waals surface area contributed by atoms with Crippen LogP contribution in [0.25, 0.3) is 22.2 Å². The van der Waals surface area contributed by atoms with Crippen LogP contribution in [0.1, 0.15) is 12.0 Å². The number of halogens is 1. The first kappa shape index (κ1) is 17.7. The summed E-state index contributed by atoms with van der Waals surface area (Å²) in [4.78, 5) is 8.21. The van der Waals surface area contributed by atoms with Crippen LogP contribution in [0.3, 0.4) is 0 Å². The van der Waals surface area contributed by atoms with E-state index in [0.29, 0.717) is 30.0 Å². The van der Waals surface area contributed by atoms with Crippen molar-refractivity contribution in [2.75, 3.05) is 23.3 Å². The molecular weight excluding hydrogens is 357 g/mol. The van der Waals surface area contributed by atoms with Gasteiger partial charge in [-0.15, -0.1) is 0 Å². The lowest BCUT2D eigenvalue weighted by molar-refractivity contribution is 0.606. The number of nitrogens with two attached hydrogens (primary N) is 2. The Morgan fingerprint density at radius 3 is 2.79 bits per heavy atom. The lowest BCUT2D eigenvalue weighted by atomic mass is 10.1. The van der Waals surface area contributed by atoms with Crippen LogP contribution in [-0.4, -0.2) is 26.7 Å². The summed E-state index contributed by atoms with van der Waals surface area (Å²) >= 11 is 0. The summed E-state index contributed by atoms with van der Waals surface area (Å²) in [5, 5.41) is 11.2. The van der Waals surface area contributed by atoms with Crippen LogP contribution in [0, 0.1) is 5.82 Å². The minimum atomic E-state index is -0.174. The second-order valence-corrected chi connectivity index (χ2v) is 6.48. The van der Waals surface area contributed by atoms with Gasteiger partial charge in [0, 0.05) is 24.0 Å². The molecule has 0 amide bonds. The molecule has 0 saturated carbocycles. The van der Waals surface area contributed by atoms with Gasteiger partial charge < -0.3 is 16.8 Å². The van der Waals surface area contributed by atoms with Crippen LogP contribution in [0.15, 0.2) is 48.7 Å². The number of nitrogens with one attached hydrogen (secondary N) is 2. The second kappa shape index (κ2) is 7.51. The molecular formula is C20H20FN7. The number of rotatable bonds is 6. The van der Waals surface area contributed by atoms with Gasteiger partial charge in [-0.05, 0) is 42.7 Å². The number of nitrogen functional groups attached to an aromatic ring is 2. The summed E-state index contributed by atoms with van der Waals surface area (Å²) in [6.07, 6.45) is 3.03. The maximum absolute atomic E-state index is 13.8. The molecule has 0 bridgehead atoms. The molecule has 7 nitrogen and oxygen atoms in total. The van der Waals surface area contributed by atoms with Crippen molar-refractivity contribution in [1.29, 1.82) is 0 Å². The van der Waals surface area contributed by atoms with Gasteiger partial charge in [0.05, 0.1) is 16.6 Å². The molecule has 0 aliphatic heterocycles. The number of benzene rings is 2. The molecule has 6 N–H and O–H groups in total. The molecule has 4 rings (SSSR count). The van der Waals surface area contributed by atoms with E-state index in [1.165, 1.54) is 6.07 Å². The normalized spacial score (nSPS) is 11.0. The lowest BCUT2D eigenvalue weighted by Gasteiger charge is -2.11. The van der Waals surface area contributed by atoms with Crippen LogP contribution in [0.2, 0.25) is 0 Å². The topological polar surface area (TPSA) is 119 Å². The van der Waals surface area contributed by atoms with Crippen molar-refractivity contribution in [1.82, 2.24) is 20.2 Å². The predicted octanol–water partition coefficient (Wildman–Crippen LogP) is 3.37. The first-order valence-electron chi connectivity index (χ1n) is 8.95. The second-order valence-electron chi connectivity index (χ2n) is 6.48. The average Bonchev–Trinajstić information content (AvgIpc) is 3.07. The van der Waals surface area contributed by atoms with Crippen LogP contribution >= 0.6 is 0 Å². The number of H-pyrrole nitrogens is 1. The minimum absolute atomic E-state index is 0.174. The van der Waals surface area contributed by atoms with Gasteiger partial charge in [-0.1, -0.05) is 18.2 Å². The SMILES string of the molecule is Nc1nccc(-c2cc(NCCCc3ccccc3F)c3c(N)n[nH]c3c2)n1. The third-order valence-electron chi connectivity index (χ3n) is 4.56. The van der Waals surface area contributed by atoms with Crippen molar-refractivity contribution in [3.05, 3.63) is 60.0 Å². The fourth-order valence-corrected chi connectivity index (χ4v) is 3.21. The molecule has 0 unspecified atom stereocenters. The van der Waals surface area contributed by atoms with E-state index in [1.54, 1.807) is 18.3 Å². The molecule has 142 valence electrons. The Morgan fingerprint density at radius 1 is 1.11 bits per heavy atom. The number of aromatic amines is 1. The first-order chi connectivity index (χ1) is 13.6. The number of aryl methyl sites for hydroxylation is 1. The van der Waals surface area contributed by atoms with Gasteiger partial charge in [-0.3, -0.25) is 5.10 Å². The van der Waals surface area contributed by atoms with Crippen molar-refractivity contribution in [2.24, 2.45) is 0 Å². The van der Waals surface area contributed by atoms with Gasteiger partial charge in [-0.2, -0.15) is 5.10 Å². The highest BCUT2D eigenvalue weighted by Gasteiger charge is 2.12. The molecule has 0 fully saturated rings. The Hall–Kier alpha value is -3.68. The first-order valence-corrected chi connectivity index (χ1v) is 8.95. The zero-order valence-electron chi connectivity index (χ0n) is 15.1. The van der Waals surface area contributed by atoms with E-state index < -0.39 is 0 Å². The zero-order valence-corrected chi connectivity index (χ0v) is 15.1. The maximum Gasteiger partial charge on any atom is 0.220 e. The Bertz CT molecular complexity index is 1120. The molecule has 0 radical (unpaired) electrons. The monoisotopic (exact) mass is 377 g/mol. The molecule has 0 aliphatic rings. The van der Waals surface area contributed by atoms with Crippen LogP contribution < -0.4 is 16.8 Å². The van der Waals surface area contributed by atoms with Gasteiger partial charge in [0.15, 0.2) is 5.82 Å². The number of aromatic nitrogens is 4. The summed E-state index contributed by atoms with van der Waals surface area (Å²) in [5.74, 6) is 0.453. The summed E-state index contributed by atoms with van der Waals surface area (Å²) < 4.78 is 13.8. The number of hydrogen-bond acceptors (Lipinski definition) is 6. The fraction of sp³-hybridized carbons (Fsp3) is 0.150. The molecule has 0 saturated heterocycles. The fourth-order valence-electron chi connectivity index (χ4n) is 3.21. The van der Waals surface area contributed by atoms with Gasteiger partial charge in [-0.25, -0.2) is 14.4 Å². The van der Waals surface area contributed by atoms with E-state index in [-0.39, 0.29) is 11.8 Å². The van der Waals surface area contributed by atoms with Crippen molar-refractivity contribution < 1.29 is 4.39 Å². The summed E-state index contributed by atoms with van der Waals surface area (Å²) in [5.41, 5.74) is 15.6. The minimum Gasteiger partial charge on any atom is -0.384 e. The number of fused-ring (bicyclic) bond motifs is 1. The summed E-state index contributed by atoms with van der Waals surface area (Å²) in [6, 6.07) is 12.5. The standard InChI is InChI=1S/C20H20FN7/c21-14-6-2-1-4-12(14)5-3-8-24-16-10-13(15-7-9-25-20(23)26-15)11-17-18(16)19(22)28-27-17/h1-2,4,6-7,9-11,24H,3,5,8H2,(H3,22,27,28)(H2,23,25,26). The Labute approximate surface area is 161 Å². The smallest absolute Gasteiger partial charge is 0.220 e. The van der Waals surface area contributed by atoms with Crippen LogP contribution in [0.5, 0.6) is 0 Å². The molecule has 0 atom stereocenters. The third kappa shape index (κ3) is 3.57. The number of anilines is 3. The van der Waals surface area contributed by atoms with E-state index in [4.69, 9.17) is 11.5 Å².